The smallest absolute Gasteiger partial charge is 0.206 e. The molecule has 0 fully saturated rings. The van der Waals surface area contributed by atoms with Crippen molar-refractivity contribution in [1.82, 2.24) is 20.5 Å². The summed E-state index contributed by atoms with van der Waals surface area (Å²) in [6, 6.07) is 0. The van der Waals surface area contributed by atoms with Gasteiger partial charge in [0, 0.05) is 0 Å². The molecule has 1 rings (SSSR count). The van der Waals surface area contributed by atoms with Crippen LogP contribution in [0, 0.1) is 0 Å². The Morgan fingerprint density at radius 2 is 2.33 bits per heavy atom. The van der Waals surface area contributed by atoms with E-state index in [9.17, 15) is 0 Å². The Labute approximate surface area is 55.6 Å². The summed E-state index contributed by atoms with van der Waals surface area (Å²) in [7, 11) is 0. The van der Waals surface area contributed by atoms with Gasteiger partial charge in [-0.3, -0.25) is 0 Å². The van der Waals surface area contributed by atoms with Crippen LogP contribution < -0.4 is 5.53 Å². The second-order valence-electron chi connectivity index (χ2n) is 1.15. The molecule has 9 heavy (non-hydrogen) atoms. The van der Waals surface area contributed by atoms with E-state index in [1.165, 1.54) is 0 Å². The number of halogens is 1. The van der Waals surface area contributed by atoms with Crippen LogP contribution in [-0.2, 0) is 0 Å². The van der Waals surface area contributed by atoms with E-state index < -0.39 is 0 Å². The minimum Gasteiger partial charge on any atom is -0.206 e. The molecule has 0 amide bonds. The summed E-state index contributed by atoms with van der Waals surface area (Å²) < 4.78 is 0. The van der Waals surface area contributed by atoms with Crippen LogP contribution in [0.3, 0.4) is 0 Å². The molecule has 5 nitrogen and oxygen atoms in total. The van der Waals surface area contributed by atoms with Gasteiger partial charge < -0.3 is 0 Å². The number of aromatic nitrogens is 3. The normalized spacial score (nSPS) is 9.00. The summed E-state index contributed by atoms with van der Waals surface area (Å²) >= 11 is 5.29. The molecule has 1 radical (unpaired) electrons. The first-order valence-corrected chi connectivity index (χ1v) is 2.40. The molecule has 45 valence electrons. The van der Waals surface area contributed by atoms with Gasteiger partial charge in [0.2, 0.25) is 5.28 Å². The predicted molar refractivity (Wildman–Crippen MR) is 29.1 cm³/mol. The van der Waals surface area contributed by atoms with E-state index in [1.54, 1.807) is 0 Å². The molecule has 0 saturated heterocycles. The molecule has 6 heteroatoms. The third-order valence-corrected chi connectivity index (χ3v) is 0.801. The zero-order chi connectivity index (χ0) is 6.69. The highest BCUT2D eigenvalue weighted by molar-refractivity contribution is 6.28. The molecular formula is C3HClN5. The van der Waals surface area contributed by atoms with Crippen LogP contribution >= 0.6 is 11.6 Å². The second-order valence-corrected chi connectivity index (χ2v) is 1.49. The summed E-state index contributed by atoms with van der Waals surface area (Å²) in [5.41, 5.74) is 8.08. The third-order valence-electron chi connectivity index (χ3n) is 0.619. The number of nitrogens with zero attached hydrogens (tertiary/aromatic N) is 5. The summed E-state index contributed by atoms with van der Waals surface area (Å²) in [6.07, 6.45) is 1.16. The molecule has 0 unspecified atom stereocenters. The van der Waals surface area contributed by atoms with E-state index in [2.05, 4.69) is 20.1 Å². The van der Waals surface area contributed by atoms with Gasteiger partial charge in [-0.2, -0.15) is 9.97 Å². The van der Waals surface area contributed by atoms with E-state index in [4.69, 9.17) is 17.1 Å². The fraction of sp³-hybridized carbons (Fsp3) is 0. The van der Waals surface area contributed by atoms with Crippen molar-refractivity contribution >= 4 is 17.5 Å². The average molecular weight is 143 g/mol. The van der Waals surface area contributed by atoms with Crippen LogP contribution in [0.1, 0.15) is 0 Å². The Balaban J connectivity index is 3.07. The highest BCUT2D eigenvalue weighted by atomic mass is 35.5. The van der Waals surface area contributed by atoms with Crippen molar-refractivity contribution in [1.29, 1.82) is 0 Å². The lowest BCUT2D eigenvalue weighted by atomic mass is 11.0. The molecule has 0 atom stereocenters. The quantitative estimate of drug-likeness (QED) is 0.533. The number of hydrogen-bond acceptors (Lipinski definition) is 4. The molecule has 0 N–H and O–H groups in total. The standard InChI is InChI=1S/C3HClN5/c4-2-6-1-7-3(8-2)9-5/h1H. The number of rotatable bonds is 1. The van der Waals surface area contributed by atoms with Crippen molar-refractivity contribution in [3.8, 4) is 0 Å². The Hall–Kier alpha value is -1.10. The van der Waals surface area contributed by atoms with Crippen LogP contribution in [0.15, 0.2) is 11.4 Å². The fourth-order valence-electron chi connectivity index (χ4n) is 0.317. The lowest BCUT2D eigenvalue weighted by molar-refractivity contribution is 1.01. The van der Waals surface area contributed by atoms with Gasteiger partial charge in [0.05, 0.1) is 0 Å². The molecular weight excluding hydrogens is 142 g/mol. The molecule has 0 spiro atoms. The second kappa shape index (κ2) is 2.45. The van der Waals surface area contributed by atoms with Crippen molar-refractivity contribution in [2.45, 2.75) is 0 Å². The van der Waals surface area contributed by atoms with Gasteiger partial charge >= 0.3 is 0 Å². The molecule has 1 aromatic heterocycles. The minimum atomic E-state index is -0.0880. The Bertz CT molecular complexity index is 223. The van der Waals surface area contributed by atoms with E-state index >= 15 is 0 Å². The van der Waals surface area contributed by atoms with E-state index in [0.29, 0.717) is 0 Å². The van der Waals surface area contributed by atoms with Gasteiger partial charge in [0.25, 0.3) is 5.95 Å². The molecule has 0 aliphatic rings. The van der Waals surface area contributed by atoms with Crippen LogP contribution in [-0.4, -0.2) is 15.0 Å². The maximum atomic E-state index is 8.08. The highest BCUT2D eigenvalue weighted by Gasteiger charge is 1.92. The molecule has 0 aliphatic heterocycles. The largest absolute Gasteiger partial charge is 0.275 e. The Kier molecular flexibility index (Phi) is 1.64. The van der Waals surface area contributed by atoms with Crippen molar-refractivity contribution in [3.05, 3.63) is 11.6 Å². The lowest BCUT2D eigenvalue weighted by Gasteiger charge is -1.85. The monoisotopic (exact) mass is 142 g/mol. The summed E-state index contributed by atoms with van der Waals surface area (Å²) in [5.74, 6) is -0.0880. The molecule has 1 aromatic rings. The van der Waals surface area contributed by atoms with Crippen LogP contribution in [0.5, 0.6) is 0 Å². The maximum Gasteiger partial charge on any atom is 0.275 e. The van der Waals surface area contributed by atoms with Crippen LogP contribution in [0.25, 0.3) is 0 Å². The van der Waals surface area contributed by atoms with Gasteiger partial charge in [0.15, 0.2) is 0 Å². The summed E-state index contributed by atoms with van der Waals surface area (Å²) in [5, 5.41) is 2.70. The lowest BCUT2D eigenvalue weighted by Crippen LogP contribution is -1.83. The van der Waals surface area contributed by atoms with Crippen LogP contribution in [0.2, 0.25) is 5.28 Å². The van der Waals surface area contributed by atoms with Crippen molar-refractivity contribution in [3.63, 3.8) is 0 Å². The predicted octanol–water partition coefficient (Wildman–Crippen LogP) is 0.409. The first kappa shape index (κ1) is 6.03. The summed E-state index contributed by atoms with van der Waals surface area (Å²) in [6.45, 7) is 0. The molecule has 0 aromatic carbocycles. The van der Waals surface area contributed by atoms with E-state index in [-0.39, 0.29) is 11.2 Å². The van der Waals surface area contributed by atoms with Gasteiger partial charge in [-0.1, -0.05) is 5.11 Å². The van der Waals surface area contributed by atoms with Crippen molar-refractivity contribution < 1.29 is 0 Å². The maximum absolute atomic E-state index is 8.08. The zero-order valence-corrected chi connectivity index (χ0v) is 4.95. The highest BCUT2D eigenvalue weighted by Crippen LogP contribution is 2.02. The molecule has 0 saturated carbocycles. The van der Waals surface area contributed by atoms with Gasteiger partial charge in [0.1, 0.15) is 6.33 Å². The first-order valence-electron chi connectivity index (χ1n) is 2.02. The Morgan fingerprint density at radius 3 is 2.78 bits per heavy atom. The van der Waals surface area contributed by atoms with E-state index in [0.717, 1.165) is 6.33 Å². The van der Waals surface area contributed by atoms with Gasteiger partial charge in [-0.25, -0.2) is 4.98 Å². The fourth-order valence-corrected chi connectivity index (χ4v) is 0.436. The number of hydrogen-bond donors (Lipinski definition) is 0. The van der Waals surface area contributed by atoms with Crippen molar-refractivity contribution in [2.24, 2.45) is 5.11 Å². The van der Waals surface area contributed by atoms with Crippen LogP contribution in [0.4, 0.5) is 5.95 Å². The molecule has 0 aliphatic carbocycles. The van der Waals surface area contributed by atoms with Crippen molar-refractivity contribution in [2.75, 3.05) is 0 Å². The average Bonchev–Trinajstić information content (AvgIpc) is 1.88. The SMILES string of the molecule is [N]=Nc1ncnc(Cl)n1. The van der Waals surface area contributed by atoms with Gasteiger partial charge in [-0.05, 0) is 17.1 Å². The van der Waals surface area contributed by atoms with E-state index in [1.807, 2.05) is 0 Å². The minimum absolute atomic E-state index is 0.0119. The zero-order valence-electron chi connectivity index (χ0n) is 4.19. The Morgan fingerprint density at radius 1 is 1.56 bits per heavy atom. The molecule has 0 bridgehead atoms. The van der Waals surface area contributed by atoms with Gasteiger partial charge in [-0.15, -0.1) is 0 Å². The topological polar surface area (TPSA) is 73.3 Å². The first-order chi connectivity index (χ1) is 4.33. The summed E-state index contributed by atoms with van der Waals surface area (Å²) in [4.78, 5) is 10.3. The third kappa shape index (κ3) is 1.39. The molecule has 1 heterocycles.